The summed E-state index contributed by atoms with van der Waals surface area (Å²) >= 11 is 1.24. The molecule has 0 saturated carbocycles. The Bertz CT molecular complexity index is 987. The smallest absolute Gasteiger partial charge is 0.248 e. The second kappa shape index (κ2) is 8.70. The number of hydrogen-bond donors (Lipinski definition) is 2. The minimum atomic E-state index is -0.326. The van der Waals surface area contributed by atoms with Gasteiger partial charge in [-0.1, -0.05) is 25.6 Å². The van der Waals surface area contributed by atoms with Crippen molar-refractivity contribution in [2.75, 3.05) is 12.9 Å². The molecular formula is C18H20N6O3S. The van der Waals surface area contributed by atoms with Crippen LogP contribution >= 0.6 is 11.8 Å². The van der Waals surface area contributed by atoms with Crippen LogP contribution in [0.1, 0.15) is 13.8 Å². The molecule has 3 aromatic rings. The van der Waals surface area contributed by atoms with Crippen LogP contribution in [-0.2, 0) is 9.59 Å². The highest BCUT2D eigenvalue weighted by molar-refractivity contribution is 8.00. The molecule has 0 atom stereocenters. The quantitative estimate of drug-likeness (QED) is 0.368. The Balaban J connectivity index is 1.72. The van der Waals surface area contributed by atoms with Gasteiger partial charge in [0.1, 0.15) is 17.1 Å². The maximum atomic E-state index is 11.9. The Labute approximate surface area is 165 Å². The predicted octanol–water partition coefficient (Wildman–Crippen LogP) is 1.72. The highest BCUT2D eigenvalue weighted by Gasteiger charge is 2.14. The van der Waals surface area contributed by atoms with Crippen LogP contribution in [-0.4, -0.2) is 44.4 Å². The number of hydrazine groups is 1. The molecule has 1 aromatic carbocycles. The van der Waals surface area contributed by atoms with E-state index in [1.54, 1.807) is 31.8 Å². The third-order valence-corrected chi connectivity index (χ3v) is 4.84. The lowest BCUT2D eigenvalue weighted by atomic mass is 10.2. The molecule has 3 rings (SSSR count). The summed E-state index contributed by atoms with van der Waals surface area (Å²) in [7, 11) is 1.61. The van der Waals surface area contributed by atoms with Gasteiger partial charge in [0.05, 0.1) is 30.1 Å². The Morgan fingerprint density at radius 1 is 1.18 bits per heavy atom. The largest absolute Gasteiger partial charge is 0.497 e. The van der Waals surface area contributed by atoms with Gasteiger partial charge in [-0.05, 0) is 24.3 Å². The first kappa shape index (κ1) is 19.6. The number of amides is 2. The molecular weight excluding hydrogens is 380 g/mol. The van der Waals surface area contributed by atoms with Crippen molar-refractivity contribution in [3.63, 3.8) is 0 Å². The molecule has 2 heterocycles. The molecule has 0 saturated heterocycles. The van der Waals surface area contributed by atoms with Crippen molar-refractivity contribution >= 4 is 34.6 Å². The highest BCUT2D eigenvalue weighted by Crippen LogP contribution is 2.26. The van der Waals surface area contributed by atoms with E-state index in [0.29, 0.717) is 10.7 Å². The first-order chi connectivity index (χ1) is 13.5. The van der Waals surface area contributed by atoms with Gasteiger partial charge in [-0.2, -0.15) is 5.10 Å². The Hall–Kier alpha value is -3.14. The third-order valence-electron chi connectivity index (χ3n) is 3.84. The highest BCUT2D eigenvalue weighted by atomic mass is 32.2. The van der Waals surface area contributed by atoms with Gasteiger partial charge >= 0.3 is 0 Å². The monoisotopic (exact) mass is 400 g/mol. The van der Waals surface area contributed by atoms with Gasteiger partial charge in [-0.15, -0.1) is 0 Å². The average molecular weight is 400 g/mol. The van der Waals surface area contributed by atoms with Crippen molar-refractivity contribution in [2.24, 2.45) is 5.92 Å². The molecule has 2 amide bonds. The number of carbonyl (C=O) groups is 2. The lowest BCUT2D eigenvalue weighted by Crippen LogP contribution is -2.44. The molecule has 0 aliphatic heterocycles. The minimum absolute atomic E-state index is 0.0954. The lowest BCUT2D eigenvalue weighted by molar-refractivity contribution is -0.129. The van der Waals surface area contributed by atoms with Gasteiger partial charge < -0.3 is 4.74 Å². The van der Waals surface area contributed by atoms with Crippen LogP contribution in [0, 0.1) is 5.92 Å². The second-order valence-corrected chi connectivity index (χ2v) is 7.12. The summed E-state index contributed by atoms with van der Waals surface area (Å²) in [5.41, 5.74) is 6.24. The molecule has 0 aliphatic carbocycles. The van der Waals surface area contributed by atoms with Crippen LogP contribution in [0.4, 0.5) is 0 Å². The summed E-state index contributed by atoms with van der Waals surface area (Å²) in [4.78, 5) is 32.0. The van der Waals surface area contributed by atoms with Crippen molar-refractivity contribution in [1.29, 1.82) is 0 Å². The molecule has 0 radical (unpaired) electrons. The zero-order chi connectivity index (χ0) is 20.1. The fourth-order valence-electron chi connectivity index (χ4n) is 2.30. The average Bonchev–Trinajstić information content (AvgIpc) is 3.15. The van der Waals surface area contributed by atoms with Gasteiger partial charge in [-0.25, -0.2) is 14.6 Å². The standard InChI is InChI=1S/C18H20N6O3S/c1-11(2)17(26)23-22-15(25)9-28-18-14-8-21-24(16(14)19-10-20-18)12-4-6-13(27-3)7-5-12/h4-8,10-11H,9H2,1-3H3,(H,22,25)(H,23,26). The van der Waals surface area contributed by atoms with E-state index < -0.39 is 0 Å². The number of methoxy groups -OCH3 is 1. The van der Waals surface area contributed by atoms with Gasteiger partial charge in [0.25, 0.3) is 0 Å². The van der Waals surface area contributed by atoms with Crippen LogP contribution < -0.4 is 15.6 Å². The van der Waals surface area contributed by atoms with E-state index in [-0.39, 0.29) is 23.5 Å². The Morgan fingerprint density at radius 2 is 1.93 bits per heavy atom. The molecule has 0 unspecified atom stereocenters. The topological polar surface area (TPSA) is 111 Å². The summed E-state index contributed by atoms with van der Waals surface area (Å²) in [5, 5.41) is 5.76. The Kier molecular flexibility index (Phi) is 6.09. The van der Waals surface area contributed by atoms with E-state index in [2.05, 4.69) is 25.9 Å². The van der Waals surface area contributed by atoms with Crippen LogP contribution in [0.2, 0.25) is 0 Å². The number of benzene rings is 1. The lowest BCUT2D eigenvalue weighted by Gasteiger charge is -2.09. The zero-order valence-corrected chi connectivity index (χ0v) is 16.5. The molecule has 10 heteroatoms. The van der Waals surface area contributed by atoms with Crippen LogP contribution in [0.5, 0.6) is 5.75 Å². The Morgan fingerprint density at radius 3 is 2.61 bits per heavy atom. The van der Waals surface area contributed by atoms with Crippen molar-refractivity contribution < 1.29 is 14.3 Å². The summed E-state index contributed by atoms with van der Waals surface area (Å²) < 4.78 is 6.87. The molecule has 0 aliphatic rings. The van der Waals surface area contributed by atoms with E-state index in [4.69, 9.17) is 4.74 Å². The first-order valence-electron chi connectivity index (χ1n) is 8.54. The molecule has 0 bridgehead atoms. The maximum absolute atomic E-state index is 11.9. The number of thioether (sulfide) groups is 1. The molecule has 2 aromatic heterocycles. The number of carbonyl (C=O) groups excluding carboxylic acids is 2. The molecule has 0 spiro atoms. The molecule has 28 heavy (non-hydrogen) atoms. The van der Waals surface area contributed by atoms with E-state index in [9.17, 15) is 9.59 Å². The van der Waals surface area contributed by atoms with E-state index in [1.807, 2.05) is 24.3 Å². The number of nitrogens with one attached hydrogen (secondary N) is 2. The maximum Gasteiger partial charge on any atom is 0.248 e. The second-order valence-electron chi connectivity index (χ2n) is 6.15. The first-order valence-corrected chi connectivity index (χ1v) is 9.53. The van der Waals surface area contributed by atoms with Gasteiger partial charge in [0, 0.05) is 5.92 Å². The third kappa shape index (κ3) is 4.39. The molecule has 2 N–H and O–H groups in total. The number of fused-ring (bicyclic) bond motifs is 1. The van der Waals surface area contributed by atoms with Crippen molar-refractivity contribution in [3.05, 3.63) is 36.8 Å². The fourth-order valence-corrected chi connectivity index (χ4v) is 3.06. The van der Waals surface area contributed by atoms with Crippen LogP contribution in [0.15, 0.2) is 41.8 Å². The minimum Gasteiger partial charge on any atom is -0.497 e. The van der Waals surface area contributed by atoms with Gasteiger partial charge in [-0.3, -0.25) is 20.4 Å². The van der Waals surface area contributed by atoms with Crippen molar-refractivity contribution in [1.82, 2.24) is 30.6 Å². The molecule has 9 nitrogen and oxygen atoms in total. The van der Waals surface area contributed by atoms with Crippen LogP contribution in [0.3, 0.4) is 0 Å². The number of aromatic nitrogens is 4. The van der Waals surface area contributed by atoms with Gasteiger partial charge in [0.2, 0.25) is 11.8 Å². The number of nitrogens with zero attached hydrogens (tertiary/aromatic N) is 4. The van der Waals surface area contributed by atoms with Gasteiger partial charge in [0.15, 0.2) is 5.65 Å². The number of rotatable bonds is 6. The number of ether oxygens (including phenoxy) is 1. The van der Waals surface area contributed by atoms with E-state index >= 15 is 0 Å². The predicted molar refractivity (Wildman–Crippen MR) is 105 cm³/mol. The summed E-state index contributed by atoms with van der Waals surface area (Å²) in [5.74, 6) is 0.0646. The summed E-state index contributed by atoms with van der Waals surface area (Å²) in [6.07, 6.45) is 3.10. The van der Waals surface area contributed by atoms with E-state index in [0.717, 1.165) is 16.8 Å². The normalized spacial score (nSPS) is 10.9. The molecule has 146 valence electrons. The summed E-state index contributed by atoms with van der Waals surface area (Å²) in [6.45, 7) is 3.49. The fraction of sp³-hybridized carbons (Fsp3) is 0.278. The van der Waals surface area contributed by atoms with Crippen molar-refractivity contribution in [2.45, 2.75) is 18.9 Å². The van der Waals surface area contributed by atoms with E-state index in [1.165, 1.54) is 18.1 Å². The van der Waals surface area contributed by atoms with Crippen LogP contribution in [0.25, 0.3) is 16.7 Å². The summed E-state index contributed by atoms with van der Waals surface area (Å²) in [6, 6.07) is 7.45. The number of hydrogen-bond acceptors (Lipinski definition) is 7. The zero-order valence-electron chi connectivity index (χ0n) is 15.7. The molecule has 0 fully saturated rings. The van der Waals surface area contributed by atoms with Crippen molar-refractivity contribution in [3.8, 4) is 11.4 Å². The SMILES string of the molecule is COc1ccc(-n2ncc3c(SCC(=O)NNC(=O)C(C)C)ncnc32)cc1.